The Morgan fingerprint density at radius 1 is 1.07 bits per heavy atom. The number of hydrogen-bond donors (Lipinski definition) is 2. The molecule has 0 aromatic heterocycles. The van der Waals surface area contributed by atoms with E-state index in [0.717, 1.165) is 18.6 Å². The Bertz CT molecular complexity index is 592. The molecule has 0 saturated carbocycles. The first kappa shape index (κ1) is 24.7. The van der Waals surface area contributed by atoms with Gasteiger partial charge in [0.1, 0.15) is 5.75 Å². The summed E-state index contributed by atoms with van der Waals surface area (Å²) in [6, 6.07) is 21.9. The third-order valence-corrected chi connectivity index (χ3v) is 3.76. The normalized spacial score (nSPS) is 11.0. The zero-order valence-corrected chi connectivity index (χ0v) is 17.3. The van der Waals surface area contributed by atoms with E-state index in [1.54, 1.807) is 13.2 Å². The third kappa shape index (κ3) is 13.5. The zero-order chi connectivity index (χ0) is 20.5. The van der Waals surface area contributed by atoms with Crippen molar-refractivity contribution < 1.29 is 9.84 Å². The van der Waals surface area contributed by atoms with Gasteiger partial charge in [-0.05, 0) is 44.4 Å². The van der Waals surface area contributed by atoms with Crippen molar-refractivity contribution in [2.75, 3.05) is 13.7 Å². The lowest BCUT2D eigenvalue weighted by atomic mass is 9.94. The molecule has 2 aromatic rings. The lowest BCUT2D eigenvalue weighted by molar-refractivity contribution is 0.154. The van der Waals surface area contributed by atoms with Gasteiger partial charge < -0.3 is 15.2 Å². The molecule has 0 heterocycles. The lowest BCUT2D eigenvalue weighted by Gasteiger charge is -2.28. The van der Waals surface area contributed by atoms with Crippen molar-refractivity contribution >= 4 is 0 Å². The van der Waals surface area contributed by atoms with Crippen LogP contribution in [0.25, 0.3) is 0 Å². The molecule has 4 heteroatoms. The summed E-state index contributed by atoms with van der Waals surface area (Å²) in [5.74, 6) is 0.880. The van der Waals surface area contributed by atoms with Crippen LogP contribution < -0.4 is 10.1 Å². The first-order valence-corrected chi connectivity index (χ1v) is 9.25. The monoisotopic (exact) mass is 370 g/mol. The highest BCUT2D eigenvalue weighted by molar-refractivity contribution is 5.28. The van der Waals surface area contributed by atoms with Gasteiger partial charge in [-0.25, -0.2) is 0 Å². The summed E-state index contributed by atoms with van der Waals surface area (Å²) < 4.78 is 5.14. The molecule has 27 heavy (non-hydrogen) atoms. The number of nitrogens with zero attached hydrogens (tertiary/aromatic N) is 1. The molecule has 2 N–H and O–H groups in total. The SMILES string of the molecule is CC#N.CC[C@@H](O)CNC(C)(C)Cc1ccc(OC)cc1.c1ccccc1. The summed E-state index contributed by atoms with van der Waals surface area (Å²) >= 11 is 0. The van der Waals surface area contributed by atoms with Crippen LogP contribution in [-0.2, 0) is 6.42 Å². The van der Waals surface area contributed by atoms with Crippen LogP contribution in [0.3, 0.4) is 0 Å². The quantitative estimate of drug-likeness (QED) is 0.748. The van der Waals surface area contributed by atoms with Crippen LogP contribution in [0.5, 0.6) is 5.75 Å². The van der Waals surface area contributed by atoms with E-state index in [1.165, 1.54) is 12.5 Å². The Labute approximate surface area is 164 Å². The second kappa shape index (κ2) is 14.8. The summed E-state index contributed by atoms with van der Waals surface area (Å²) in [6.07, 6.45) is 1.44. The van der Waals surface area contributed by atoms with Crippen LogP contribution in [-0.4, -0.2) is 30.4 Å². The summed E-state index contributed by atoms with van der Waals surface area (Å²) in [5.41, 5.74) is 1.24. The van der Waals surface area contributed by atoms with Gasteiger partial charge in [-0.3, -0.25) is 0 Å². The molecule has 0 bridgehead atoms. The minimum absolute atomic E-state index is 0.0231. The highest BCUT2D eigenvalue weighted by Crippen LogP contribution is 2.16. The van der Waals surface area contributed by atoms with Crippen LogP contribution in [0.2, 0.25) is 0 Å². The Balaban J connectivity index is 0.000000616. The van der Waals surface area contributed by atoms with Gasteiger partial charge in [0.25, 0.3) is 0 Å². The number of hydrogen-bond acceptors (Lipinski definition) is 4. The number of β-amino-alcohol motifs (C(OH)–C–C–N with tert-alkyl or cyclic N) is 1. The minimum atomic E-state index is -0.264. The Morgan fingerprint density at radius 2 is 1.52 bits per heavy atom. The fraction of sp³-hybridized carbons (Fsp3) is 0.435. The molecule has 2 rings (SSSR count). The maximum absolute atomic E-state index is 9.58. The molecule has 0 radical (unpaired) electrons. The molecule has 0 aliphatic carbocycles. The van der Waals surface area contributed by atoms with Gasteiger partial charge in [-0.1, -0.05) is 55.5 Å². The van der Waals surface area contributed by atoms with Crippen LogP contribution in [0.15, 0.2) is 60.7 Å². The maximum atomic E-state index is 9.58. The van der Waals surface area contributed by atoms with Crippen molar-refractivity contribution in [3.05, 3.63) is 66.2 Å². The number of ether oxygens (including phenoxy) is 1. The fourth-order valence-corrected chi connectivity index (χ4v) is 2.24. The second-order valence-electron chi connectivity index (χ2n) is 6.73. The average molecular weight is 371 g/mol. The number of benzene rings is 2. The lowest BCUT2D eigenvalue weighted by Crippen LogP contribution is -2.44. The van der Waals surface area contributed by atoms with Gasteiger partial charge in [-0.15, -0.1) is 0 Å². The molecule has 0 fully saturated rings. The molecule has 0 spiro atoms. The zero-order valence-electron chi connectivity index (χ0n) is 17.3. The van der Waals surface area contributed by atoms with Crippen molar-refractivity contribution in [2.45, 2.75) is 52.2 Å². The van der Waals surface area contributed by atoms with Gasteiger partial charge in [0, 0.05) is 19.0 Å². The van der Waals surface area contributed by atoms with Crippen LogP contribution in [0.1, 0.15) is 39.7 Å². The van der Waals surface area contributed by atoms with Gasteiger partial charge in [0.2, 0.25) is 0 Å². The second-order valence-corrected chi connectivity index (χ2v) is 6.73. The summed E-state index contributed by atoms with van der Waals surface area (Å²) in [7, 11) is 1.67. The van der Waals surface area contributed by atoms with Gasteiger partial charge in [-0.2, -0.15) is 5.26 Å². The van der Waals surface area contributed by atoms with E-state index in [4.69, 9.17) is 10.00 Å². The molecule has 0 aliphatic rings. The molecule has 148 valence electrons. The molecule has 1 atom stereocenters. The summed E-state index contributed by atoms with van der Waals surface area (Å²) in [6.45, 7) is 8.36. The minimum Gasteiger partial charge on any atom is -0.497 e. The van der Waals surface area contributed by atoms with Crippen molar-refractivity contribution in [3.63, 3.8) is 0 Å². The van der Waals surface area contributed by atoms with E-state index in [-0.39, 0.29) is 11.6 Å². The average Bonchev–Trinajstić information content (AvgIpc) is 2.69. The fourth-order valence-electron chi connectivity index (χ4n) is 2.24. The van der Waals surface area contributed by atoms with Crippen LogP contribution >= 0.6 is 0 Å². The maximum Gasteiger partial charge on any atom is 0.118 e. The van der Waals surface area contributed by atoms with Crippen molar-refractivity contribution in [1.82, 2.24) is 5.32 Å². The first-order chi connectivity index (χ1) is 12.9. The van der Waals surface area contributed by atoms with Crippen molar-refractivity contribution in [1.29, 1.82) is 5.26 Å². The molecular formula is C23H34N2O2. The number of nitriles is 1. The molecule has 2 aromatic carbocycles. The highest BCUT2D eigenvalue weighted by Gasteiger charge is 2.18. The van der Waals surface area contributed by atoms with Gasteiger partial charge in [0.15, 0.2) is 0 Å². The standard InChI is InChI=1S/C15H25NO2.C6H6.C2H3N/c1-5-13(17)11-16-15(2,3)10-12-6-8-14(18-4)9-7-12;1-2-4-6-5-3-1;1-2-3/h6-9,13,16-17H,5,10-11H2,1-4H3;1-6H;1H3/t13-;;/m1../s1. The van der Waals surface area contributed by atoms with Crippen molar-refractivity contribution in [2.24, 2.45) is 0 Å². The summed E-state index contributed by atoms with van der Waals surface area (Å²) in [4.78, 5) is 0. The first-order valence-electron chi connectivity index (χ1n) is 9.25. The van der Waals surface area contributed by atoms with Gasteiger partial charge >= 0.3 is 0 Å². The van der Waals surface area contributed by atoms with Crippen LogP contribution in [0.4, 0.5) is 0 Å². The molecule has 0 saturated heterocycles. The number of methoxy groups -OCH3 is 1. The molecular weight excluding hydrogens is 336 g/mol. The van der Waals surface area contributed by atoms with E-state index < -0.39 is 0 Å². The highest BCUT2D eigenvalue weighted by atomic mass is 16.5. The van der Waals surface area contributed by atoms with E-state index >= 15 is 0 Å². The predicted octanol–water partition coefficient (Wildman–Crippen LogP) is 4.59. The number of rotatable bonds is 7. The Kier molecular flexibility index (Phi) is 13.5. The number of aliphatic hydroxyl groups excluding tert-OH is 1. The number of nitrogens with one attached hydrogen (secondary N) is 1. The topological polar surface area (TPSA) is 65.3 Å². The van der Waals surface area contributed by atoms with Gasteiger partial charge in [0.05, 0.1) is 19.3 Å². The largest absolute Gasteiger partial charge is 0.497 e. The van der Waals surface area contributed by atoms with E-state index in [9.17, 15) is 5.11 Å². The smallest absolute Gasteiger partial charge is 0.118 e. The van der Waals surface area contributed by atoms with E-state index in [2.05, 4.69) is 31.3 Å². The number of aliphatic hydroxyl groups is 1. The van der Waals surface area contributed by atoms with Crippen molar-refractivity contribution in [3.8, 4) is 11.8 Å². The molecule has 0 unspecified atom stereocenters. The van der Waals surface area contributed by atoms with Crippen LogP contribution in [0, 0.1) is 11.3 Å². The Hall–Kier alpha value is -2.35. The Morgan fingerprint density at radius 3 is 1.89 bits per heavy atom. The van der Waals surface area contributed by atoms with E-state index in [0.29, 0.717) is 6.54 Å². The predicted molar refractivity (Wildman–Crippen MR) is 113 cm³/mol. The molecule has 4 nitrogen and oxygen atoms in total. The third-order valence-electron chi connectivity index (χ3n) is 3.76. The summed E-state index contributed by atoms with van der Waals surface area (Å²) in [5, 5.41) is 20.3. The van der Waals surface area contributed by atoms with E-state index in [1.807, 2.05) is 55.5 Å². The molecule has 0 aliphatic heterocycles. The molecule has 0 amide bonds.